The zero-order valence-electron chi connectivity index (χ0n) is 29.8. The van der Waals surface area contributed by atoms with Gasteiger partial charge in [0.1, 0.15) is 11.8 Å². The second kappa shape index (κ2) is 14.1. The number of rotatable bonds is 9. The summed E-state index contributed by atoms with van der Waals surface area (Å²) in [6.45, 7) is 20.7. The number of ether oxygens (including phenoxy) is 2. The topological polar surface area (TPSA) is 69.1 Å². The minimum absolute atomic E-state index is 0.0294. The van der Waals surface area contributed by atoms with Crippen molar-refractivity contribution in [1.82, 2.24) is 19.6 Å². The van der Waals surface area contributed by atoms with Gasteiger partial charge in [-0.2, -0.15) is 5.10 Å². The molecule has 1 unspecified atom stereocenters. The maximum absolute atomic E-state index is 12.5. The van der Waals surface area contributed by atoms with E-state index in [9.17, 15) is 4.79 Å². The molecule has 1 spiro atoms. The number of amides is 1. The summed E-state index contributed by atoms with van der Waals surface area (Å²) in [5.41, 5.74) is 2.33. The van der Waals surface area contributed by atoms with Gasteiger partial charge < -0.3 is 23.7 Å². The van der Waals surface area contributed by atoms with Crippen LogP contribution in [0.15, 0.2) is 6.20 Å². The quantitative estimate of drug-likeness (QED) is 0.254. The van der Waals surface area contributed by atoms with Crippen molar-refractivity contribution in [2.45, 2.75) is 161 Å². The highest BCUT2D eigenvalue weighted by Crippen LogP contribution is 2.55. The highest BCUT2D eigenvalue weighted by atomic mass is 28.4. The van der Waals surface area contributed by atoms with Gasteiger partial charge in [-0.05, 0) is 103 Å². The molecule has 1 aromatic rings. The summed E-state index contributed by atoms with van der Waals surface area (Å²) in [7, 11) is 2.09. The monoisotopic (exact) mass is 632 g/mol. The number of aromatic nitrogens is 2. The van der Waals surface area contributed by atoms with E-state index in [2.05, 4.69) is 56.7 Å². The van der Waals surface area contributed by atoms with E-state index in [1.165, 1.54) is 56.2 Å². The number of hydrogen-bond donors (Lipinski definition) is 0. The van der Waals surface area contributed by atoms with Crippen molar-refractivity contribution in [2.75, 3.05) is 33.8 Å². The fourth-order valence-electron chi connectivity index (χ4n) is 7.23. The average Bonchev–Trinajstić information content (AvgIpc) is 3.36. The molecule has 3 aliphatic rings. The van der Waals surface area contributed by atoms with Gasteiger partial charge in [0.2, 0.25) is 0 Å². The number of likely N-dealkylation sites (N-methyl/N-ethyl adjacent to an activating group) is 2. The van der Waals surface area contributed by atoms with Crippen LogP contribution in [0.5, 0.6) is 0 Å². The van der Waals surface area contributed by atoms with E-state index in [1.54, 1.807) is 4.90 Å². The van der Waals surface area contributed by atoms with Gasteiger partial charge >= 0.3 is 6.09 Å². The van der Waals surface area contributed by atoms with Gasteiger partial charge in [0.25, 0.3) is 0 Å². The molecule has 1 aliphatic heterocycles. The molecule has 2 saturated carbocycles. The van der Waals surface area contributed by atoms with E-state index >= 15 is 0 Å². The average molecular weight is 633 g/mol. The van der Waals surface area contributed by atoms with Crippen LogP contribution in [0.4, 0.5) is 4.79 Å². The molecular formula is C35H64N4O4Si. The van der Waals surface area contributed by atoms with Crippen LogP contribution in [0.2, 0.25) is 18.1 Å². The van der Waals surface area contributed by atoms with Crippen LogP contribution in [0.1, 0.15) is 136 Å². The molecule has 0 N–H and O–H groups in total. The Labute approximate surface area is 269 Å². The molecule has 3 atom stereocenters. The van der Waals surface area contributed by atoms with Gasteiger partial charge in [0, 0.05) is 51.0 Å². The summed E-state index contributed by atoms with van der Waals surface area (Å²) in [4.78, 5) is 16.5. The Bertz CT molecular complexity index is 1080. The Morgan fingerprint density at radius 3 is 2.34 bits per heavy atom. The summed E-state index contributed by atoms with van der Waals surface area (Å²) in [6, 6.07) is 0. The number of carbonyl (C=O) groups excluding carboxylic acids is 1. The van der Waals surface area contributed by atoms with E-state index in [0.29, 0.717) is 18.6 Å². The highest BCUT2D eigenvalue weighted by Gasteiger charge is 2.50. The fourth-order valence-corrected chi connectivity index (χ4v) is 8.66. The molecule has 9 heteroatoms. The lowest BCUT2D eigenvalue weighted by atomic mass is 9.60. The van der Waals surface area contributed by atoms with E-state index in [-0.39, 0.29) is 22.8 Å². The van der Waals surface area contributed by atoms with E-state index in [4.69, 9.17) is 19.0 Å². The Kier molecular flexibility index (Phi) is 11.4. The molecule has 2 aliphatic carbocycles. The van der Waals surface area contributed by atoms with Gasteiger partial charge in [-0.15, -0.1) is 0 Å². The molecule has 252 valence electrons. The number of hydrogen-bond acceptors (Lipinski definition) is 6. The second-order valence-electron chi connectivity index (χ2n) is 16.7. The van der Waals surface area contributed by atoms with Gasteiger partial charge in [-0.3, -0.25) is 0 Å². The van der Waals surface area contributed by atoms with Crippen LogP contribution in [0, 0.1) is 5.41 Å². The smallest absolute Gasteiger partial charge is 0.410 e. The third-order valence-corrected chi connectivity index (χ3v) is 15.3. The van der Waals surface area contributed by atoms with Gasteiger partial charge in [-0.25, -0.2) is 9.48 Å². The molecule has 1 amide bonds. The molecule has 0 aromatic carbocycles. The molecule has 0 bridgehead atoms. The van der Waals surface area contributed by atoms with Crippen molar-refractivity contribution < 1.29 is 18.7 Å². The summed E-state index contributed by atoms with van der Waals surface area (Å²) in [6.07, 6.45) is 15.7. The van der Waals surface area contributed by atoms with Crippen LogP contribution in [-0.4, -0.2) is 79.5 Å². The zero-order valence-corrected chi connectivity index (χ0v) is 30.8. The molecule has 1 saturated heterocycles. The predicted octanol–water partition coefficient (Wildman–Crippen LogP) is 8.49. The Morgan fingerprint density at radius 2 is 1.73 bits per heavy atom. The van der Waals surface area contributed by atoms with Crippen LogP contribution >= 0.6 is 0 Å². The maximum atomic E-state index is 12.5. The van der Waals surface area contributed by atoms with E-state index in [1.807, 2.05) is 27.8 Å². The Balaban J connectivity index is 1.53. The molecule has 0 radical (unpaired) electrons. The highest BCUT2D eigenvalue weighted by molar-refractivity contribution is 6.74. The normalized spacial score (nSPS) is 24.9. The van der Waals surface area contributed by atoms with E-state index in [0.717, 1.165) is 45.4 Å². The summed E-state index contributed by atoms with van der Waals surface area (Å²) >= 11 is 0. The Hall–Kier alpha value is -1.42. The second-order valence-corrected chi connectivity index (χ2v) is 21.5. The first-order valence-corrected chi connectivity index (χ1v) is 20.4. The van der Waals surface area contributed by atoms with Crippen molar-refractivity contribution in [1.29, 1.82) is 0 Å². The number of nitrogens with zero attached hydrogens (tertiary/aromatic N) is 4. The van der Waals surface area contributed by atoms with Gasteiger partial charge in [-0.1, -0.05) is 40.0 Å². The van der Waals surface area contributed by atoms with Gasteiger partial charge in [0.15, 0.2) is 8.32 Å². The molecule has 2 heterocycles. The molecule has 4 rings (SSSR count). The summed E-state index contributed by atoms with van der Waals surface area (Å²) in [5.74, 6) is 0.435. The third kappa shape index (κ3) is 8.89. The zero-order chi connectivity index (χ0) is 32.3. The SMILES string of the molecule is CN(CCN(C)C(=O)OC(C)(C)C)Cc1cn(C2CCCCO2)nc1[C@@H]1CC[C@@H](O[Si](C)(C)C(C)(C)C)C2(CCCCC2)C1. The molecule has 44 heavy (non-hydrogen) atoms. The minimum Gasteiger partial charge on any atom is -0.444 e. The van der Waals surface area contributed by atoms with Gasteiger partial charge in [0.05, 0.1) is 11.8 Å². The lowest BCUT2D eigenvalue weighted by Gasteiger charge is -2.52. The standard InChI is InChI=1S/C35H64N4O4Si/c1-33(2,3)42-32(40)38(8)22-21-37(7)25-28-26-39(30-16-12-15-23-41-30)36-31(28)27-17-18-29(43-44(9,10)34(4,5)6)35(24-27)19-13-11-14-20-35/h26-27,29-30H,11-25H2,1-10H3/t27-,29-,30?/m1/s1. The number of carbonyl (C=O) groups is 1. The van der Waals surface area contributed by atoms with Crippen molar-refractivity contribution in [3.8, 4) is 0 Å². The van der Waals surface area contributed by atoms with Crippen LogP contribution in [0.3, 0.4) is 0 Å². The van der Waals surface area contributed by atoms with Crippen molar-refractivity contribution in [3.63, 3.8) is 0 Å². The third-order valence-electron chi connectivity index (χ3n) is 10.8. The predicted molar refractivity (Wildman–Crippen MR) is 180 cm³/mol. The lowest BCUT2D eigenvalue weighted by molar-refractivity contribution is -0.0420. The van der Waals surface area contributed by atoms with Crippen molar-refractivity contribution in [3.05, 3.63) is 17.5 Å². The first-order valence-electron chi connectivity index (χ1n) is 17.5. The van der Waals surface area contributed by atoms with Crippen LogP contribution in [-0.2, 0) is 20.4 Å². The minimum atomic E-state index is -1.87. The van der Waals surface area contributed by atoms with E-state index < -0.39 is 13.9 Å². The lowest BCUT2D eigenvalue weighted by Crippen LogP contribution is -2.52. The summed E-state index contributed by atoms with van der Waals surface area (Å²) in [5, 5.41) is 5.56. The molecule has 8 nitrogen and oxygen atoms in total. The fraction of sp³-hybridized carbons (Fsp3) is 0.886. The first-order chi connectivity index (χ1) is 20.5. The molecule has 3 fully saturated rings. The Morgan fingerprint density at radius 1 is 1.02 bits per heavy atom. The van der Waals surface area contributed by atoms with Crippen LogP contribution in [0.25, 0.3) is 0 Å². The van der Waals surface area contributed by atoms with Crippen molar-refractivity contribution >= 4 is 14.4 Å². The van der Waals surface area contributed by atoms with Crippen molar-refractivity contribution in [2.24, 2.45) is 5.41 Å². The summed E-state index contributed by atoms with van der Waals surface area (Å²) < 4.78 is 21.2. The largest absolute Gasteiger partial charge is 0.444 e. The first kappa shape index (κ1) is 35.4. The van der Waals surface area contributed by atoms with Crippen LogP contribution < -0.4 is 0 Å². The molecular weight excluding hydrogens is 568 g/mol. The molecule has 1 aromatic heterocycles. The maximum Gasteiger partial charge on any atom is 0.410 e.